The molecule has 2 N–H and O–H groups in total. The summed E-state index contributed by atoms with van der Waals surface area (Å²) in [5.41, 5.74) is 1.96. The van der Waals surface area contributed by atoms with Gasteiger partial charge in [0.2, 0.25) is 0 Å². The molecule has 4 nitrogen and oxygen atoms in total. The average molecular weight is 179 g/mol. The molecule has 1 aromatic carbocycles. The predicted molar refractivity (Wildman–Crippen MR) is 45.7 cm³/mol. The van der Waals surface area contributed by atoms with Gasteiger partial charge < -0.3 is 0 Å². The largest absolute Gasteiger partial charge is 0.294 e. The number of hydroxylamine groups is 1. The Hall–Kier alpha value is -1.68. The van der Waals surface area contributed by atoms with Crippen molar-refractivity contribution < 1.29 is 14.8 Å². The first-order chi connectivity index (χ1) is 6.16. The predicted octanol–water partition coefficient (Wildman–Crippen LogP) is 1.01. The third-order valence-electron chi connectivity index (χ3n) is 1.65. The minimum Gasteiger partial charge on any atom is -0.294 e. The summed E-state index contributed by atoms with van der Waals surface area (Å²) in [4.78, 5) is 22.1. The highest BCUT2D eigenvalue weighted by Gasteiger charge is 2.12. The maximum atomic E-state index is 11.0. The van der Waals surface area contributed by atoms with Gasteiger partial charge in [0.25, 0.3) is 5.91 Å². The van der Waals surface area contributed by atoms with Crippen LogP contribution in [-0.4, -0.2) is 16.9 Å². The lowest BCUT2D eigenvalue weighted by Gasteiger charge is -2.03. The van der Waals surface area contributed by atoms with Crippen LogP contribution in [0.5, 0.6) is 0 Å². The molecule has 4 heteroatoms. The molecule has 0 saturated heterocycles. The molecule has 0 aromatic heterocycles. The third kappa shape index (κ3) is 1.91. The summed E-state index contributed by atoms with van der Waals surface area (Å²) >= 11 is 0. The summed E-state index contributed by atoms with van der Waals surface area (Å²) in [6.45, 7) is 1.36. The first-order valence-corrected chi connectivity index (χ1v) is 3.71. The van der Waals surface area contributed by atoms with E-state index in [0.29, 0.717) is 5.56 Å². The number of Topliss-reactive ketones (excluding diaryl/α,β-unsaturated/α-hetero) is 1. The molecule has 0 unspecified atom stereocenters. The highest BCUT2D eigenvalue weighted by Crippen LogP contribution is 2.08. The third-order valence-corrected chi connectivity index (χ3v) is 1.65. The molecule has 0 bridgehead atoms. The van der Waals surface area contributed by atoms with Crippen LogP contribution in [0.1, 0.15) is 27.6 Å². The summed E-state index contributed by atoms with van der Waals surface area (Å²) in [5, 5.41) is 8.38. The van der Waals surface area contributed by atoms with E-state index in [4.69, 9.17) is 5.21 Å². The fourth-order valence-corrected chi connectivity index (χ4v) is 1.05. The van der Waals surface area contributed by atoms with Crippen LogP contribution in [0.2, 0.25) is 0 Å². The quantitative estimate of drug-likeness (QED) is 0.404. The van der Waals surface area contributed by atoms with Crippen LogP contribution >= 0.6 is 0 Å². The van der Waals surface area contributed by atoms with Gasteiger partial charge >= 0.3 is 0 Å². The summed E-state index contributed by atoms with van der Waals surface area (Å²) in [7, 11) is 0. The second-order valence-electron chi connectivity index (χ2n) is 2.54. The lowest BCUT2D eigenvalue weighted by molar-refractivity contribution is 0.0703. The number of carbonyl (C=O) groups is 2. The smallest absolute Gasteiger partial charge is 0.275 e. The molecule has 0 radical (unpaired) electrons. The maximum absolute atomic E-state index is 11.0. The number of hydrogen-bond acceptors (Lipinski definition) is 3. The molecule has 0 atom stereocenters. The number of ketones is 1. The fourth-order valence-electron chi connectivity index (χ4n) is 1.05. The molecule has 0 heterocycles. The number of rotatable bonds is 2. The lowest BCUT2D eigenvalue weighted by atomic mass is 10.0. The van der Waals surface area contributed by atoms with E-state index in [1.165, 1.54) is 24.5 Å². The maximum Gasteiger partial charge on any atom is 0.275 e. The van der Waals surface area contributed by atoms with E-state index in [1.807, 2.05) is 0 Å². The number of amides is 1. The van der Waals surface area contributed by atoms with Crippen LogP contribution < -0.4 is 5.48 Å². The normalized spacial score (nSPS) is 9.38. The van der Waals surface area contributed by atoms with Crippen molar-refractivity contribution in [1.82, 2.24) is 5.48 Å². The van der Waals surface area contributed by atoms with Gasteiger partial charge in [-0.05, 0) is 13.0 Å². The monoisotopic (exact) mass is 179 g/mol. The lowest BCUT2D eigenvalue weighted by Crippen LogP contribution is -2.21. The first kappa shape index (κ1) is 9.41. The van der Waals surface area contributed by atoms with Crippen LogP contribution in [0, 0.1) is 0 Å². The Morgan fingerprint density at radius 1 is 1.23 bits per heavy atom. The standard InChI is InChI=1S/C9H9NO3/c1-6(11)7-4-2-3-5-8(7)9(12)10-13/h2-5,13H,1H3,(H,10,12). The second-order valence-corrected chi connectivity index (χ2v) is 2.54. The Balaban J connectivity index is 3.19. The molecular formula is C9H9NO3. The Bertz CT molecular complexity index is 346. The van der Waals surface area contributed by atoms with Gasteiger partial charge in [-0.25, -0.2) is 5.48 Å². The zero-order valence-electron chi connectivity index (χ0n) is 7.07. The van der Waals surface area contributed by atoms with E-state index in [2.05, 4.69) is 0 Å². The van der Waals surface area contributed by atoms with Gasteiger partial charge in [-0.3, -0.25) is 14.8 Å². The zero-order valence-corrected chi connectivity index (χ0v) is 7.07. The van der Waals surface area contributed by atoms with Crippen molar-refractivity contribution in [3.05, 3.63) is 35.4 Å². The van der Waals surface area contributed by atoms with Gasteiger partial charge in [0.15, 0.2) is 5.78 Å². The van der Waals surface area contributed by atoms with E-state index < -0.39 is 5.91 Å². The van der Waals surface area contributed by atoms with Crippen molar-refractivity contribution in [2.75, 3.05) is 0 Å². The molecule has 13 heavy (non-hydrogen) atoms. The molecule has 0 aliphatic rings. The van der Waals surface area contributed by atoms with Crippen LogP contribution in [-0.2, 0) is 0 Å². The van der Waals surface area contributed by atoms with Gasteiger partial charge in [-0.2, -0.15) is 0 Å². The Labute approximate surface area is 75.1 Å². The zero-order chi connectivity index (χ0) is 9.84. The van der Waals surface area contributed by atoms with Gasteiger partial charge in [0.05, 0.1) is 5.56 Å². The number of hydrogen-bond donors (Lipinski definition) is 2. The van der Waals surface area contributed by atoms with Crippen molar-refractivity contribution >= 4 is 11.7 Å². The van der Waals surface area contributed by atoms with Gasteiger partial charge in [0, 0.05) is 5.56 Å². The van der Waals surface area contributed by atoms with Crippen molar-refractivity contribution in [3.8, 4) is 0 Å². The Morgan fingerprint density at radius 2 is 1.77 bits per heavy atom. The van der Waals surface area contributed by atoms with Crippen molar-refractivity contribution in [2.45, 2.75) is 6.92 Å². The van der Waals surface area contributed by atoms with Crippen LogP contribution in [0.3, 0.4) is 0 Å². The van der Waals surface area contributed by atoms with E-state index in [0.717, 1.165) is 0 Å². The summed E-state index contributed by atoms with van der Waals surface area (Å²) < 4.78 is 0. The van der Waals surface area contributed by atoms with Crippen LogP contribution in [0.25, 0.3) is 0 Å². The SMILES string of the molecule is CC(=O)c1ccccc1C(=O)NO. The molecular weight excluding hydrogens is 170 g/mol. The second kappa shape index (κ2) is 3.82. The highest BCUT2D eigenvalue weighted by atomic mass is 16.5. The molecule has 1 rings (SSSR count). The van der Waals surface area contributed by atoms with Gasteiger partial charge in [-0.1, -0.05) is 18.2 Å². The molecule has 0 saturated carbocycles. The molecule has 0 spiro atoms. The van der Waals surface area contributed by atoms with E-state index in [-0.39, 0.29) is 11.3 Å². The van der Waals surface area contributed by atoms with Crippen LogP contribution in [0.15, 0.2) is 24.3 Å². The summed E-state index contributed by atoms with van der Waals surface area (Å²) in [5.74, 6) is -0.884. The Kier molecular flexibility index (Phi) is 2.76. The number of benzene rings is 1. The Morgan fingerprint density at radius 3 is 2.23 bits per heavy atom. The average Bonchev–Trinajstić information content (AvgIpc) is 2.16. The molecule has 0 aliphatic heterocycles. The molecule has 0 aliphatic carbocycles. The first-order valence-electron chi connectivity index (χ1n) is 3.71. The minimum atomic E-state index is -0.675. The van der Waals surface area contributed by atoms with E-state index in [9.17, 15) is 9.59 Å². The molecule has 1 amide bonds. The number of carbonyl (C=O) groups excluding carboxylic acids is 2. The van der Waals surface area contributed by atoms with Gasteiger partial charge in [0.1, 0.15) is 0 Å². The summed E-state index contributed by atoms with van der Waals surface area (Å²) in [6, 6.07) is 6.29. The molecule has 0 fully saturated rings. The van der Waals surface area contributed by atoms with Crippen molar-refractivity contribution in [2.24, 2.45) is 0 Å². The van der Waals surface area contributed by atoms with Gasteiger partial charge in [-0.15, -0.1) is 0 Å². The van der Waals surface area contributed by atoms with Crippen LogP contribution in [0.4, 0.5) is 0 Å². The number of nitrogens with one attached hydrogen (secondary N) is 1. The fraction of sp³-hybridized carbons (Fsp3) is 0.111. The van der Waals surface area contributed by atoms with E-state index in [1.54, 1.807) is 12.1 Å². The van der Waals surface area contributed by atoms with Crippen molar-refractivity contribution in [1.29, 1.82) is 0 Å². The van der Waals surface area contributed by atoms with Crippen molar-refractivity contribution in [3.63, 3.8) is 0 Å². The summed E-state index contributed by atoms with van der Waals surface area (Å²) in [6.07, 6.45) is 0. The molecule has 68 valence electrons. The topological polar surface area (TPSA) is 66.4 Å². The minimum absolute atomic E-state index is 0.178. The highest BCUT2D eigenvalue weighted by molar-refractivity contribution is 6.06. The van der Waals surface area contributed by atoms with E-state index >= 15 is 0 Å². The molecule has 1 aromatic rings.